The fourth-order valence-corrected chi connectivity index (χ4v) is 1.98. The highest BCUT2D eigenvalue weighted by Crippen LogP contribution is 2.28. The minimum Gasteiger partial charge on any atom is -0.433 e. The predicted molar refractivity (Wildman–Crippen MR) is 69.4 cm³/mol. The van der Waals surface area contributed by atoms with Gasteiger partial charge in [-0.1, -0.05) is 6.07 Å². The fourth-order valence-electron chi connectivity index (χ4n) is 1.60. The van der Waals surface area contributed by atoms with Gasteiger partial charge in [-0.05, 0) is 40.2 Å². The number of hydrogen-bond acceptors (Lipinski definition) is 4. The lowest BCUT2D eigenvalue weighted by atomic mass is 10.2. The highest BCUT2D eigenvalue weighted by atomic mass is 79.9. The Bertz CT molecular complexity index is 693. The Morgan fingerprint density at radius 2 is 2.12 bits per heavy atom. The molecule has 2 N–H and O–H groups in total. The van der Waals surface area contributed by atoms with Crippen LogP contribution in [0.4, 0.5) is 5.69 Å². The Balaban J connectivity index is 2.22. The van der Waals surface area contributed by atoms with Gasteiger partial charge in [0.25, 0.3) is 0 Å². The summed E-state index contributed by atoms with van der Waals surface area (Å²) >= 11 is 3.40. The number of benzene rings is 1. The lowest BCUT2D eigenvalue weighted by Gasteiger charge is -1.96. The fraction of sp³-hybridized carbons (Fsp3) is 0. The van der Waals surface area contributed by atoms with E-state index in [9.17, 15) is 0 Å². The molecule has 0 fully saturated rings. The number of nitrogens with zero attached hydrogens (tertiary/aromatic N) is 2. The first-order valence-electron chi connectivity index (χ1n) is 5.01. The van der Waals surface area contributed by atoms with Crippen LogP contribution >= 0.6 is 15.9 Å². The van der Waals surface area contributed by atoms with Gasteiger partial charge in [0, 0.05) is 17.4 Å². The molecule has 0 unspecified atom stereocenters. The van der Waals surface area contributed by atoms with E-state index in [0.29, 0.717) is 22.8 Å². The lowest BCUT2D eigenvalue weighted by Crippen LogP contribution is -1.84. The third-order valence-corrected chi connectivity index (χ3v) is 3.00. The average molecular weight is 290 g/mol. The number of nitrogen functional groups attached to an aromatic ring is 1. The average Bonchev–Trinajstić information content (AvgIpc) is 2.74. The van der Waals surface area contributed by atoms with Crippen molar-refractivity contribution in [1.82, 2.24) is 9.97 Å². The van der Waals surface area contributed by atoms with Gasteiger partial charge >= 0.3 is 0 Å². The number of halogens is 1. The molecule has 0 saturated heterocycles. The Hall–Kier alpha value is -1.88. The first-order chi connectivity index (χ1) is 8.24. The van der Waals surface area contributed by atoms with E-state index in [2.05, 4.69) is 25.9 Å². The molecule has 3 rings (SSSR count). The summed E-state index contributed by atoms with van der Waals surface area (Å²) < 4.78 is 6.50. The van der Waals surface area contributed by atoms with Crippen LogP contribution in [0.1, 0.15) is 0 Å². The summed E-state index contributed by atoms with van der Waals surface area (Å²) in [5.74, 6) is 0.520. The Kier molecular flexibility index (Phi) is 2.33. The molecule has 5 heteroatoms. The van der Waals surface area contributed by atoms with E-state index in [-0.39, 0.29) is 0 Å². The molecule has 0 aliphatic heterocycles. The van der Waals surface area contributed by atoms with Crippen molar-refractivity contribution in [2.24, 2.45) is 0 Å². The molecule has 2 aromatic heterocycles. The Labute approximate surface area is 106 Å². The second kappa shape index (κ2) is 3.85. The normalized spacial score (nSPS) is 10.9. The van der Waals surface area contributed by atoms with Crippen LogP contribution in [0.3, 0.4) is 0 Å². The SMILES string of the molecule is Nc1cccc(-c2nc3nccc(Br)c3o2)c1. The molecule has 0 aliphatic carbocycles. The molecule has 3 aromatic rings. The first-order valence-corrected chi connectivity index (χ1v) is 5.80. The van der Waals surface area contributed by atoms with Crippen molar-refractivity contribution in [2.45, 2.75) is 0 Å². The summed E-state index contributed by atoms with van der Waals surface area (Å²) in [7, 11) is 0. The number of pyridine rings is 1. The van der Waals surface area contributed by atoms with Crippen LogP contribution in [-0.4, -0.2) is 9.97 Å². The summed E-state index contributed by atoms with van der Waals surface area (Å²) in [6.45, 7) is 0. The van der Waals surface area contributed by atoms with Gasteiger partial charge < -0.3 is 10.2 Å². The molecule has 2 heterocycles. The molecule has 0 aliphatic rings. The molecule has 17 heavy (non-hydrogen) atoms. The van der Waals surface area contributed by atoms with Crippen LogP contribution in [0.25, 0.3) is 22.7 Å². The number of nitrogens with two attached hydrogens (primary N) is 1. The third-order valence-electron chi connectivity index (χ3n) is 2.38. The Morgan fingerprint density at radius 1 is 1.24 bits per heavy atom. The lowest BCUT2D eigenvalue weighted by molar-refractivity contribution is 0.618. The molecular weight excluding hydrogens is 282 g/mol. The number of hydrogen-bond donors (Lipinski definition) is 1. The molecular formula is C12H8BrN3O. The molecule has 0 bridgehead atoms. The topological polar surface area (TPSA) is 64.9 Å². The van der Waals surface area contributed by atoms with Crippen molar-refractivity contribution in [1.29, 1.82) is 0 Å². The smallest absolute Gasteiger partial charge is 0.229 e. The molecule has 4 nitrogen and oxygen atoms in total. The van der Waals surface area contributed by atoms with Gasteiger partial charge in [-0.15, -0.1) is 0 Å². The molecule has 0 amide bonds. The highest BCUT2D eigenvalue weighted by molar-refractivity contribution is 9.10. The van der Waals surface area contributed by atoms with E-state index in [1.54, 1.807) is 6.20 Å². The van der Waals surface area contributed by atoms with Crippen molar-refractivity contribution in [3.63, 3.8) is 0 Å². The van der Waals surface area contributed by atoms with E-state index >= 15 is 0 Å². The Morgan fingerprint density at radius 3 is 2.88 bits per heavy atom. The zero-order chi connectivity index (χ0) is 11.8. The second-order valence-corrected chi connectivity index (χ2v) is 4.44. The van der Waals surface area contributed by atoms with Gasteiger partial charge in [0.05, 0.1) is 4.47 Å². The van der Waals surface area contributed by atoms with E-state index in [0.717, 1.165) is 10.0 Å². The predicted octanol–water partition coefficient (Wildman–Crippen LogP) is 3.23. The summed E-state index contributed by atoms with van der Waals surface area (Å²) in [5, 5.41) is 0. The minimum atomic E-state index is 0.520. The van der Waals surface area contributed by atoms with Crippen molar-refractivity contribution >= 4 is 32.8 Å². The second-order valence-electron chi connectivity index (χ2n) is 3.59. The number of aromatic nitrogens is 2. The summed E-state index contributed by atoms with van der Waals surface area (Å²) in [4.78, 5) is 8.47. The number of oxazole rings is 1. The van der Waals surface area contributed by atoms with Crippen molar-refractivity contribution < 1.29 is 4.42 Å². The van der Waals surface area contributed by atoms with E-state index in [4.69, 9.17) is 10.2 Å². The monoisotopic (exact) mass is 289 g/mol. The highest BCUT2D eigenvalue weighted by Gasteiger charge is 2.11. The largest absolute Gasteiger partial charge is 0.433 e. The van der Waals surface area contributed by atoms with E-state index in [1.165, 1.54) is 0 Å². The van der Waals surface area contributed by atoms with Crippen LogP contribution in [0.2, 0.25) is 0 Å². The van der Waals surface area contributed by atoms with Gasteiger partial charge in [-0.25, -0.2) is 4.98 Å². The van der Waals surface area contributed by atoms with Crippen LogP contribution in [0.15, 0.2) is 45.4 Å². The zero-order valence-corrected chi connectivity index (χ0v) is 10.3. The minimum absolute atomic E-state index is 0.520. The zero-order valence-electron chi connectivity index (χ0n) is 8.72. The van der Waals surface area contributed by atoms with Crippen molar-refractivity contribution in [2.75, 3.05) is 5.73 Å². The number of rotatable bonds is 1. The molecule has 0 atom stereocenters. The summed E-state index contributed by atoms with van der Waals surface area (Å²) in [6.07, 6.45) is 1.68. The molecule has 0 saturated carbocycles. The van der Waals surface area contributed by atoms with Crippen LogP contribution in [0.5, 0.6) is 0 Å². The van der Waals surface area contributed by atoms with Gasteiger partial charge in [0.15, 0.2) is 11.2 Å². The molecule has 1 aromatic carbocycles. The van der Waals surface area contributed by atoms with Crippen LogP contribution in [-0.2, 0) is 0 Å². The first kappa shape index (κ1) is 10.3. The van der Waals surface area contributed by atoms with Gasteiger partial charge in [0.2, 0.25) is 5.89 Å². The van der Waals surface area contributed by atoms with Gasteiger partial charge in [-0.2, -0.15) is 4.98 Å². The summed E-state index contributed by atoms with van der Waals surface area (Å²) in [5.41, 5.74) is 8.47. The van der Waals surface area contributed by atoms with Gasteiger partial charge in [0.1, 0.15) is 0 Å². The molecule has 0 spiro atoms. The standard InChI is InChI=1S/C12H8BrN3O/c13-9-4-5-15-11-10(9)17-12(16-11)7-2-1-3-8(14)6-7/h1-6H,14H2. The number of fused-ring (bicyclic) bond motifs is 1. The summed E-state index contributed by atoms with van der Waals surface area (Å²) in [6, 6.07) is 9.21. The van der Waals surface area contributed by atoms with Crippen LogP contribution in [0, 0.1) is 0 Å². The maximum absolute atomic E-state index is 5.73. The number of anilines is 1. The molecule has 84 valence electrons. The van der Waals surface area contributed by atoms with Crippen molar-refractivity contribution in [3.8, 4) is 11.5 Å². The quantitative estimate of drug-likeness (QED) is 0.699. The maximum atomic E-state index is 5.73. The third kappa shape index (κ3) is 1.78. The molecule has 0 radical (unpaired) electrons. The van der Waals surface area contributed by atoms with E-state index < -0.39 is 0 Å². The van der Waals surface area contributed by atoms with Gasteiger partial charge in [-0.3, -0.25) is 0 Å². The van der Waals surface area contributed by atoms with Crippen molar-refractivity contribution in [3.05, 3.63) is 41.0 Å². The maximum Gasteiger partial charge on any atom is 0.229 e. The van der Waals surface area contributed by atoms with Crippen LogP contribution < -0.4 is 5.73 Å². The van der Waals surface area contributed by atoms with E-state index in [1.807, 2.05) is 30.3 Å².